The lowest BCUT2D eigenvalue weighted by Gasteiger charge is -2.05. The van der Waals surface area contributed by atoms with Gasteiger partial charge >= 0.3 is 5.97 Å². The Bertz CT molecular complexity index is 462. The third-order valence-electron chi connectivity index (χ3n) is 2.04. The number of hydrogen-bond acceptors (Lipinski definition) is 5. The van der Waals surface area contributed by atoms with Gasteiger partial charge in [-0.2, -0.15) is 5.26 Å². The van der Waals surface area contributed by atoms with Crippen LogP contribution in [0.4, 0.5) is 5.69 Å². The van der Waals surface area contributed by atoms with E-state index in [1.807, 2.05) is 6.07 Å². The van der Waals surface area contributed by atoms with Crippen molar-refractivity contribution in [2.45, 2.75) is 6.42 Å². The normalized spacial score (nSPS) is 9.28. The fraction of sp³-hybridized carbons (Fsp3) is 0.250. The molecule has 94 valence electrons. The molecule has 0 aliphatic carbocycles. The molecule has 0 bridgehead atoms. The van der Waals surface area contributed by atoms with Crippen molar-refractivity contribution < 1.29 is 14.3 Å². The maximum Gasteiger partial charge on any atom is 0.338 e. The zero-order valence-corrected chi connectivity index (χ0v) is 9.68. The van der Waals surface area contributed by atoms with Crippen molar-refractivity contribution in [3.63, 3.8) is 0 Å². The SMILES string of the molecule is N#CCCNC(=O)COC(=O)c1ccc(N)cc1. The van der Waals surface area contributed by atoms with Crippen LogP contribution in [0.2, 0.25) is 0 Å². The van der Waals surface area contributed by atoms with E-state index < -0.39 is 11.9 Å². The van der Waals surface area contributed by atoms with Gasteiger partial charge in [0.2, 0.25) is 0 Å². The van der Waals surface area contributed by atoms with E-state index in [4.69, 9.17) is 15.7 Å². The summed E-state index contributed by atoms with van der Waals surface area (Å²) < 4.78 is 4.79. The Morgan fingerprint density at radius 2 is 2.00 bits per heavy atom. The number of carbonyl (C=O) groups is 2. The number of ether oxygens (including phenoxy) is 1. The number of nitrogen functional groups attached to an aromatic ring is 1. The highest BCUT2D eigenvalue weighted by Crippen LogP contribution is 2.06. The number of nitriles is 1. The third kappa shape index (κ3) is 4.53. The second-order valence-electron chi connectivity index (χ2n) is 3.46. The smallest absolute Gasteiger partial charge is 0.338 e. The largest absolute Gasteiger partial charge is 0.452 e. The zero-order valence-electron chi connectivity index (χ0n) is 9.68. The van der Waals surface area contributed by atoms with E-state index in [2.05, 4.69) is 5.32 Å². The van der Waals surface area contributed by atoms with Gasteiger partial charge < -0.3 is 15.8 Å². The average Bonchev–Trinajstić information content (AvgIpc) is 2.37. The minimum atomic E-state index is -0.592. The van der Waals surface area contributed by atoms with Gasteiger partial charge in [-0.25, -0.2) is 4.79 Å². The summed E-state index contributed by atoms with van der Waals surface area (Å²) in [5.74, 6) is -1.03. The number of nitrogens with one attached hydrogen (secondary N) is 1. The van der Waals surface area contributed by atoms with E-state index in [1.165, 1.54) is 12.1 Å². The molecule has 3 N–H and O–H groups in total. The monoisotopic (exact) mass is 247 g/mol. The summed E-state index contributed by atoms with van der Waals surface area (Å²) in [4.78, 5) is 22.7. The Labute approximate surface area is 104 Å². The average molecular weight is 247 g/mol. The van der Waals surface area contributed by atoms with E-state index >= 15 is 0 Å². The van der Waals surface area contributed by atoms with E-state index in [0.717, 1.165) is 0 Å². The Morgan fingerprint density at radius 1 is 1.33 bits per heavy atom. The molecule has 0 aromatic heterocycles. The van der Waals surface area contributed by atoms with E-state index in [0.29, 0.717) is 11.3 Å². The quantitative estimate of drug-likeness (QED) is 0.446. The number of nitrogens with two attached hydrogens (primary N) is 1. The van der Waals surface area contributed by atoms with Gasteiger partial charge in [0.05, 0.1) is 18.1 Å². The molecule has 0 spiro atoms. The molecule has 0 saturated carbocycles. The van der Waals surface area contributed by atoms with Crippen molar-refractivity contribution >= 4 is 17.6 Å². The molecule has 0 aliphatic rings. The number of hydrogen-bond donors (Lipinski definition) is 2. The van der Waals surface area contributed by atoms with Crippen LogP contribution in [-0.2, 0) is 9.53 Å². The van der Waals surface area contributed by atoms with Gasteiger partial charge in [-0.3, -0.25) is 4.79 Å². The van der Waals surface area contributed by atoms with Gasteiger partial charge in [-0.1, -0.05) is 0 Å². The van der Waals surface area contributed by atoms with Crippen molar-refractivity contribution in [3.05, 3.63) is 29.8 Å². The highest BCUT2D eigenvalue weighted by atomic mass is 16.5. The van der Waals surface area contributed by atoms with Gasteiger partial charge in [0, 0.05) is 12.2 Å². The summed E-state index contributed by atoms with van der Waals surface area (Å²) in [6.45, 7) is -0.122. The van der Waals surface area contributed by atoms with E-state index in [1.54, 1.807) is 12.1 Å². The Hall–Kier alpha value is -2.55. The van der Waals surface area contributed by atoms with Crippen molar-refractivity contribution in [2.24, 2.45) is 0 Å². The van der Waals surface area contributed by atoms with Crippen LogP contribution in [-0.4, -0.2) is 25.0 Å². The molecule has 0 aliphatic heterocycles. The predicted octanol–water partition coefficient (Wildman–Crippen LogP) is 0.455. The first kappa shape index (κ1) is 13.5. The van der Waals surface area contributed by atoms with Crippen LogP contribution in [0, 0.1) is 11.3 Å². The molecule has 1 amide bonds. The van der Waals surface area contributed by atoms with Crippen molar-refractivity contribution in [1.82, 2.24) is 5.32 Å². The maximum absolute atomic E-state index is 11.5. The molecule has 1 aromatic carbocycles. The highest BCUT2D eigenvalue weighted by Gasteiger charge is 2.09. The van der Waals surface area contributed by atoms with Crippen LogP contribution in [0.25, 0.3) is 0 Å². The van der Waals surface area contributed by atoms with Crippen molar-refractivity contribution in [1.29, 1.82) is 5.26 Å². The molecule has 0 saturated heterocycles. The van der Waals surface area contributed by atoms with Gasteiger partial charge in [-0.15, -0.1) is 0 Å². The molecular formula is C12H13N3O3. The molecule has 0 atom stereocenters. The standard InChI is InChI=1S/C12H13N3O3/c13-6-1-7-15-11(16)8-18-12(17)9-2-4-10(14)5-3-9/h2-5H,1,7-8,14H2,(H,15,16). The number of amides is 1. The van der Waals surface area contributed by atoms with Crippen LogP contribution in [0.1, 0.15) is 16.8 Å². The van der Waals surface area contributed by atoms with Crippen LogP contribution < -0.4 is 11.1 Å². The van der Waals surface area contributed by atoms with Crippen LogP contribution in [0.15, 0.2) is 24.3 Å². The maximum atomic E-state index is 11.5. The highest BCUT2D eigenvalue weighted by molar-refractivity contribution is 5.91. The van der Waals surface area contributed by atoms with Crippen molar-refractivity contribution in [3.8, 4) is 6.07 Å². The Balaban J connectivity index is 2.35. The minimum Gasteiger partial charge on any atom is -0.452 e. The molecule has 6 nitrogen and oxygen atoms in total. The summed E-state index contributed by atoms with van der Waals surface area (Å²) in [5, 5.41) is 10.7. The van der Waals surface area contributed by atoms with E-state index in [-0.39, 0.29) is 19.6 Å². The number of esters is 1. The second kappa shape index (κ2) is 6.91. The first-order valence-corrected chi connectivity index (χ1v) is 5.30. The number of benzene rings is 1. The fourth-order valence-corrected chi connectivity index (χ4v) is 1.14. The van der Waals surface area contributed by atoms with Gasteiger partial charge in [0.15, 0.2) is 6.61 Å². The Morgan fingerprint density at radius 3 is 2.61 bits per heavy atom. The lowest BCUT2D eigenvalue weighted by Crippen LogP contribution is -2.29. The molecular weight excluding hydrogens is 234 g/mol. The van der Waals surface area contributed by atoms with Crippen LogP contribution in [0.3, 0.4) is 0 Å². The minimum absolute atomic E-state index is 0.220. The van der Waals surface area contributed by atoms with Crippen LogP contribution in [0.5, 0.6) is 0 Å². The third-order valence-corrected chi connectivity index (χ3v) is 2.04. The number of rotatable bonds is 5. The fourth-order valence-electron chi connectivity index (χ4n) is 1.14. The lowest BCUT2D eigenvalue weighted by molar-refractivity contribution is -0.124. The number of anilines is 1. The first-order valence-electron chi connectivity index (χ1n) is 5.30. The summed E-state index contributed by atoms with van der Waals surface area (Å²) >= 11 is 0. The summed E-state index contributed by atoms with van der Waals surface area (Å²) in [5.41, 5.74) is 6.34. The van der Waals surface area contributed by atoms with Gasteiger partial charge in [-0.05, 0) is 24.3 Å². The summed E-state index contributed by atoms with van der Waals surface area (Å²) in [6, 6.07) is 8.07. The zero-order chi connectivity index (χ0) is 13.4. The molecule has 1 aromatic rings. The topological polar surface area (TPSA) is 105 Å². The first-order chi connectivity index (χ1) is 8.63. The molecule has 18 heavy (non-hydrogen) atoms. The number of carbonyl (C=O) groups excluding carboxylic acids is 2. The van der Waals surface area contributed by atoms with Crippen LogP contribution >= 0.6 is 0 Å². The summed E-state index contributed by atoms with van der Waals surface area (Å²) in [6.07, 6.45) is 0.220. The van der Waals surface area contributed by atoms with Gasteiger partial charge in [0.25, 0.3) is 5.91 Å². The molecule has 0 unspecified atom stereocenters. The van der Waals surface area contributed by atoms with Gasteiger partial charge in [0.1, 0.15) is 0 Å². The predicted molar refractivity (Wildman–Crippen MR) is 64.4 cm³/mol. The summed E-state index contributed by atoms with van der Waals surface area (Å²) in [7, 11) is 0. The molecule has 1 rings (SSSR count). The Kier molecular flexibility index (Phi) is 5.19. The molecule has 0 radical (unpaired) electrons. The lowest BCUT2D eigenvalue weighted by atomic mass is 10.2. The van der Waals surface area contributed by atoms with E-state index in [9.17, 15) is 9.59 Å². The molecule has 0 heterocycles. The number of nitrogens with zero attached hydrogens (tertiary/aromatic N) is 1. The van der Waals surface area contributed by atoms with Crippen molar-refractivity contribution in [2.75, 3.05) is 18.9 Å². The molecule has 0 fully saturated rings. The second-order valence-corrected chi connectivity index (χ2v) is 3.46. The molecule has 6 heteroatoms.